The highest BCUT2D eigenvalue weighted by Crippen LogP contribution is 2.16. The van der Waals surface area contributed by atoms with E-state index in [1.54, 1.807) is 43.3 Å². The molecule has 0 fully saturated rings. The number of hydrogen-bond acceptors (Lipinski definition) is 2. The van der Waals surface area contributed by atoms with Gasteiger partial charge in [0.25, 0.3) is 5.91 Å². The van der Waals surface area contributed by atoms with Crippen LogP contribution in [0.4, 0.5) is 4.39 Å². The van der Waals surface area contributed by atoms with E-state index in [0.717, 1.165) is 5.56 Å². The highest BCUT2D eigenvalue weighted by Gasteiger charge is 2.14. The van der Waals surface area contributed by atoms with Crippen LogP contribution < -0.4 is 11.1 Å². The normalized spacial score (nSPS) is 11.9. The maximum Gasteiger partial charge on any atom is 0.251 e. The minimum absolute atomic E-state index is 0.240. The average molecular weight is 272 g/mol. The van der Waals surface area contributed by atoms with Gasteiger partial charge in [0, 0.05) is 17.7 Å². The lowest BCUT2D eigenvalue weighted by molar-refractivity contribution is 0.0939. The molecule has 0 radical (unpaired) electrons. The number of nitrogens with one attached hydrogen (secondary N) is 1. The van der Waals surface area contributed by atoms with Crippen molar-refractivity contribution in [1.29, 1.82) is 0 Å². The van der Waals surface area contributed by atoms with E-state index in [4.69, 9.17) is 5.73 Å². The Hall–Kier alpha value is -2.20. The van der Waals surface area contributed by atoms with Gasteiger partial charge in [-0.2, -0.15) is 0 Å². The Balaban J connectivity index is 2.13. The zero-order chi connectivity index (χ0) is 14.5. The van der Waals surface area contributed by atoms with Gasteiger partial charge in [-0.3, -0.25) is 4.79 Å². The van der Waals surface area contributed by atoms with Crippen molar-refractivity contribution in [3.8, 4) is 0 Å². The van der Waals surface area contributed by atoms with Gasteiger partial charge < -0.3 is 11.1 Å². The highest BCUT2D eigenvalue weighted by molar-refractivity contribution is 5.94. The minimum Gasteiger partial charge on any atom is -0.345 e. The molecule has 0 aromatic heterocycles. The second kappa shape index (κ2) is 6.30. The Morgan fingerprint density at radius 3 is 2.70 bits per heavy atom. The second-order valence-corrected chi connectivity index (χ2v) is 4.62. The Labute approximate surface area is 117 Å². The summed E-state index contributed by atoms with van der Waals surface area (Å²) in [6.07, 6.45) is 0. The van der Waals surface area contributed by atoms with Crippen molar-refractivity contribution in [2.75, 3.05) is 0 Å². The van der Waals surface area contributed by atoms with Crippen LogP contribution >= 0.6 is 0 Å². The summed E-state index contributed by atoms with van der Waals surface area (Å²) in [5, 5.41) is 2.78. The quantitative estimate of drug-likeness (QED) is 0.899. The van der Waals surface area contributed by atoms with Crippen LogP contribution in [0.25, 0.3) is 0 Å². The fourth-order valence-electron chi connectivity index (χ4n) is 2.02. The summed E-state index contributed by atoms with van der Waals surface area (Å²) in [7, 11) is 0. The van der Waals surface area contributed by atoms with E-state index < -0.39 is 6.04 Å². The molecule has 4 heteroatoms. The third kappa shape index (κ3) is 3.22. The number of benzene rings is 2. The Morgan fingerprint density at radius 1 is 1.25 bits per heavy atom. The van der Waals surface area contributed by atoms with E-state index in [0.29, 0.717) is 17.7 Å². The molecule has 0 saturated heterocycles. The molecular formula is C16H17FN2O. The molecule has 1 unspecified atom stereocenters. The highest BCUT2D eigenvalue weighted by atomic mass is 19.1. The molecule has 1 atom stereocenters. The van der Waals surface area contributed by atoms with Gasteiger partial charge in [0.05, 0.1) is 6.04 Å². The number of halogens is 1. The number of carbonyl (C=O) groups excluding carboxylic acids is 1. The van der Waals surface area contributed by atoms with Crippen molar-refractivity contribution in [3.63, 3.8) is 0 Å². The van der Waals surface area contributed by atoms with Crippen molar-refractivity contribution in [3.05, 3.63) is 71.0 Å². The lowest BCUT2D eigenvalue weighted by atomic mass is 10.1. The molecule has 0 spiro atoms. The minimum atomic E-state index is -0.398. The van der Waals surface area contributed by atoms with Crippen LogP contribution in [-0.2, 0) is 6.54 Å². The number of amides is 1. The predicted octanol–water partition coefficient (Wildman–Crippen LogP) is 2.78. The third-order valence-corrected chi connectivity index (χ3v) is 3.14. The Bertz CT molecular complexity index is 613. The third-order valence-electron chi connectivity index (χ3n) is 3.14. The fraction of sp³-hybridized carbons (Fsp3) is 0.188. The van der Waals surface area contributed by atoms with Gasteiger partial charge in [-0.1, -0.05) is 30.3 Å². The number of carbonyl (C=O) groups is 1. The van der Waals surface area contributed by atoms with Crippen LogP contribution in [0.3, 0.4) is 0 Å². The van der Waals surface area contributed by atoms with Crippen molar-refractivity contribution in [1.82, 2.24) is 5.32 Å². The van der Waals surface area contributed by atoms with Gasteiger partial charge in [-0.25, -0.2) is 4.39 Å². The molecule has 20 heavy (non-hydrogen) atoms. The molecule has 2 aromatic carbocycles. The van der Waals surface area contributed by atoms with Crippen molar-refractivity contribution < 1.29 is 9.18 Å². The summed E-state index contributed by atoms with van der Waals surface area (Å²) in [5.74, 6) is -0.563. The molecule has 0 aliphatic heterocycles. The molecule has 0 aliphatic rings. The molecule has 3 N–H and O–H groups in total. The van der Waals surface area contributed by atoms with E-state index in [9.17, 15) is 9.18 Å². The van der Waals surface area contributed by atoms with E-state index in [-0.39, 0.29) is 11.7 Å². The second-order valence-electron chi connectivity index (χ2n) is 4.62. The summed E-state index contributed by atoms with van der Waals surface area (Å²) in [6, 6.07) is 13.1. The van der Waals surface area contributed by atoms with E-state index in [1.807, 2.05) is 6.07 Å². The summed E-state index contributed by atoms with van der Waals surface area (Å²) in [4.78, 5) is 12.1. The lowest BCUT2D eigenvalue weighted by Gasteiger charge is -2.15. The zero-order valence-electron chi connectivity index (χ0n) is 11.3. The summed E-state index contributed by atoms with van der Waals surface area (Å²) >= 11 is 0. The molecule has 2 aromatic rings. The van der Waals surface area contributed by atoms with Gasteiger partial charge in [0.15, 0.2) is 0 Å². The molecule has 0 aliphatic carbocycles. The van der Waals surface area contributed by atoms with Crippen LogP contribution in [0.2, 0.25) is 0 Å². The fourth-order valence-corrected chi connectivity index (χ4v) is 2.02. The molecule has 1 amide bonds. The van der Waals surface area contributed by atoms with Crippen LogP contribution in [0.5, 0.6) is 0 Å². The molecular weight excluding hydrogens is 255 g/mol. The number of rotatable bonds is 4. The van der Waals surface area contributed by atoms with Crippen LogP contribution in [0, 0.1) is 5.82 Å². The van der Waals surface area contributed by atoms with Crippen LogP contribution in [0.1, 0.15) is 34.5 Å². The van der Waals surface area contributed by atoms with Crippen LogP contribution in [-0.4, -0.2) is 5.91 Å². The largest absolute Gasteiger partial charge is 0.345 e. The first-order valence-corrected chi connectivity index (χ1v) is 6.46. The molecule has 0 heterocycles. The zero-order valence-corrected chi connectivity index (χ0v) is 11.3. The summed E-state index contributed by atoms with van der Waals surface area (Å²) < 4.78 is 13.6. The van der Waals surface area contributed by atoms with E-state index in [2.05, 4.69) is 5.32 Å². The van der Waals surface area contributed by atoms with Gasteiger partial charge in [0.2, 0.25) is 0 Å². The van der Waals surface area contributed by atoms with Gasteiger partial charge in [-0.05, 0) is 30.7 Å². The topological polar surface area (TPSA) is 55.1 Å². The van der Waals surface area contributed by atoms with Crippen LogP contribution in [0.15, 0.2) is 48.5 Å². The van der Waals surface area contributed by atoms with Gasteiger partial charge in [0.1, 0.15) is 5.82 Å². The van der Waals surface area contributed by atoms with E-state index >= 15 is 0 Å². The lowest BCUT2D eigenvalue weighted by Crippen LogP contribution is -2.27. The predicted molar refractivity (Wildman–Crippen MR) is 76.6 cm³/mol. The van der Waals surface area contributed by atoms with Gasteiger partial charge in [-0.15, -0.1) is 0 Å². The average Bonchev–Trinajstić information content (AvgIpc) is 2.47. The molecule has 2 rings (SSSR count). The Kier molecular flexibility index (Phi) is 4.48. The Morgan fingerprint density at radius 2 is 2.00 bits per heavy atom. The first-order valence-electron chi connectivity index (χ1n) is 6.46. The van der Waals surface area contributed by atoms with Crippen molar-refractivity contribution >= 4 is 5.91 Å². The van der Waals surface area contributed by atoms with Gasteiger partial charge >= 0.3 is 0 Å². The van der Waals surface area contributed by atoms with Crippen molar-refractivity contribution in [2.45, 2.75) is 19.5 Å². The van der Waals surface area contributed by atoms with E-state index in [1.165, 1.54) is 6.07 Å². The summed E-state index contributed by atoms with van der Waals surface area (Å²) in [6.45, 7) is 2.13. The molecule has 3 nitrogen and oxygen atoms in total. The standard InChI is InChI=1S/C16H17FN2O/c1-11(14-7-2-3-8-15(14)17)19-16(20)13-6-4-5-12(9-13)10-18/h2-9,11H,10,18H2,1H3,(H,19,20). The number of nitrogens with two attached hydrogens (primary N) is 1. The first-order chi connectivity index (χ1) is 9.61. The smallest absolute Gasteiger partial charge is 0.251 e. The first kappa shape index (κ1) is 14.2. The monoisotopic (exact) mass is 272 g/mol. The maximum atomic E-state index is 13.6. The number of hydrogen-bond donors (Lipinski definition) is 2. The molecule has 104 valence electrons. The summed E-state index contributed by atoms with van der Waals surface area (Å²) in [5.41, 5.74) is 7.43. The SMILES string of the molecule is CC(NC(=O)c1cccc(CN)c1)c1ccccc1F. The van der Waals surface area contributed by atoms with Crippen molar-refractivity contribution in [2.24, 2.45) is 5.73 Å². The molecule has 0 saturated carbocycles. The maximum absolute atomic E-state index is 13.6. The molecule has 0 bridgehead atoms.